The summed E-state index contributed by atoms with van der Waals surface area (Å²) in [6, 6.07) is 0.492. The van der Waals surface area contributed by atoms with Crippen LogP contribution in [0.1, 0.15) is 33.1 Å². The van der Waals surface area contributed by atoms with E-state index in [1.54, 1.807) is 4.31 Å². The average Bonchev–Trinajstić information content (AvgIpc) is 2.44. The number of rotatable bonds is 9. The summed E-state index contributed by atoms with van der Waals surface area (Å²) in [5.41, 5.74) is 0. The fourth-order valence-electron chi connectivity index (χ4n) is 2.58. The number of hydrogen-bond acceptors (Lipinski definition) is 4. The first-order valence-corrected chi connectivity index (χ1v) is 9.40. The van der Waals surface area contributed by atoms with Gasteiger partial charge in [0.2, 0.25) is 0 Å². The Morgan fingerprint density at radius 3 is 2.71 bits per heavy atom. The maximum atomic E-state index is 12.3. The van der Waals surface area contributed by atoms with Gasteiger partial charge in [0.05, 0.1) is 0 Å². The highest BCUT2D eigenvalue weighted by atomic mass is 32.2. The van der Waals surface area contributed by atoms with Crippen LogP contribution < -0.4 is 10.0 Å². The molecule has 1 aliphatic rings. The Morgan fingerprint density at radius 1 is 1.38 bits per heavy atom. The first-order valence-electron chi connectivity index (χ1n) is 7.96. The molecule has 0 saturated carbocycles. The Hall–Kier alpha value is -0.210. The molecule has 1 unspecified atom stereocenters. The first kappa shape index (κ1) is 18.8. The summed E-state index contributed by atoms with van der Waals surface area (Å²) in [5.74, 6) is 0.424. The number of piperidine rings is 1. The van der Waals surface area contributed by atoms with E-state index in [1.165, 1.54) is 0 Å². The third-order valence-electron chi connectivity index (χ3n) is 4.17. The Morgan fingerprint density at radius 2 is 2.10 bits per heavy atom. The van der Waals surface area contributed by atoms with Gasteiger partial charge in [0, 0.05) is 25.7 Å². The van der Waals surface area contributed by atoms with Crippen LogP contribution >= 0.6 is 0 Å². The zero-order valence-corrected chi connectivity index (χ0v) is 14.7. The average molecular weight is 321 g/mol. The molecule has 0 amide bonds. The second-order valence-electron chi connectivity index (χ2n) is 6.25. The van der Waals surface area contributed by atoms with Gasteiger partial charge in [-0.1, -0.05) is 0 Å². The Bertz CT molecular complexity index is 384. The fourth-order valence-corrected chi connectivity index (χ4v) is 3.94. The second-order valence-corrected chi connectivity index (χ2v) is 8.01. The Labute approximate surface area is 130 Å². The van der Waals surface area contributed by atoms with Gasteiger partial charge < -0.3 is 10.2 Å². The summed E-state index contributed by atoms with van der Waals surface area (Å²) >= 11 is 0. The van der Waals surface area contributed by atoms with Gasteiger partial charge in [-0.2, -0.15) is 12.7 Å². The van der Waals surface area contributed by atoms with E-state index in [4.69, 9.17) is 0 Å². The summed E-state index contributed by atoms with van der Waals surface area (Å²) in [6.07, 6.45) is 2.89. The van der Waals surface area contributed by atoms with Crippen molar-refractivity contribution in [3.63, 3.8) is 0 Å². The van der Waals surface area contributed by atoms with Gasteiger partial charge >= 0.3 is 0 Å². The molecular formula is C14H32N4O2S. The number of hydrogen-bond donors (Lipinski definition) is 2. The van der Waals surface area contributed by atoms with Crippen LogP contribution in [0, 0.1) is 5.92 Å². The lowest BCUT2D eigenvalue weighted by Gasteiger charge is -2.31. The van der Waals surface area contributed by atoms with E-state index in [9.17, 15) is 8.42 Å². The number of nitrogens with zero attached hydrogens (tertiary/aromatic N) is 2. The SMILES string of the molecule is CNCC1CCCN(S(=O)(=O)NCCCN(C)C(C)C)C1. The molecule has 1 atom stereocenters. The molecule has 0 aliphatic carbocycles. The number of nitrogens with one attached hydrogen (secondary N) is 2. The third kappa shape index (κ3) is 6.61. The molecule has 0 aromatic carbocycles. The van der Waals surface area contributed by atoms with Gasteiger partial charge in [-0.15, -0.1) is 0 Å². The molecule has 126 valence electrons. The van der Waals surface area contributed by atoms with Crippen molar-refractivity contribution in [2.45, 2.75) is 39.2 Å². The van der Waals surface area contributed by atoms with E-state index in [0.29, 0.717) is 31.6 Å². The normalized spacial score (nSPS) is 21.3. The van der Waals surface area contributed by atoms with Crippen LogP contribution in [0.4, 0.5) is 0 Å². The summed E-state index contributed by atoms with van der Waals surface area (Å²) in [5, 5.41) is 3.14. The van der Waals surface area contributed by atoms with E-state index in [1.807, 2.05) is 7.05 Å². The minimum Gasteiger partial charge on any atom is -0.319 e. The van der Waals surface area contributed by atoms with Crippen molar-refractivity contribution in [3.05, 3.63) is 0 Å². The minimum absolute atomic E-state index is 0.424. The standard InChI is InChI=1S/C14H32N4O2S/c1-13(2)17(4)9-6-8-16-21(19,20)18-10-5-7-14(12-18)11-15-3/h13-16H,5-12H2,1-4H3. The topological polar surface area (TPSA) is 64.7 Å². The van der Waals surface area contributed by atoms with Crippen molar-refractivity contribution >= 4 is 10.2 Å². The van der Waals surface area contributed by atoms with Crippen molar-refractivity contribution < 1.29 is 8.42 Å². The lowest BCUT2D eigenvalue weighted by molar-refractivity contribution is 0.258. The lowest BCUT2D eigenvalue weighted by atomic mass is 10.00. The highest BCUT2D eigenvalue weighted by Gasteiger charge is 2.28. The molecule has 6 nitrogen and oxygen atoms in total. The molecule has 1 fully saturated rings. The van der Waals surface area contributed by atoms with Crippen LogP contribution in [0.2, 0.25) is 0 Å². The molecule has 1 aliphatic heterocycles. The van der Waals surface area contributed by atoms with Crippen LogP contribution in [0.25, 0.3) is 0 Å². The predicted molar refractivity (Wildman–Crippen MR) is 87.5 cm³/mol. The quantitative estimate of drug-likeness (QED) is 0.607. The van der Waals surface area contributed by atoms with Crippen LogP contribution in [-0.2, 0) is 10.2 Å². The van der Waals surface area contributed by atoms with Crippen LogP contribution in [0.5, 0.6) is 0 Å². The highest BCUT2D eigenvalue weighted by Crippen LogP contribution is 2.17. The van der Waals surface area contributed by atoms with Crippen molar-refractivity contribution in [2.75, 3.05) is 46.8 Å². The zero-order chi connectivity index (χ0) is 15.9. The van der Waals surface area contributed by atoms with Crippen molar-refractivity contribution in [1.82, 2.24) is 19.2 Å². The van der Waals surface area contributed by atoms with E-state index in [-0.39, 0.29) is 0 Å². The van der Waals surface area contributed by atoms with E-state index in [2.05, 4.69) is 35.8 Å². The smallest absolute Gasteiger partial charge is 0.279 e. The zero-order valence-electron chi connectivity index (χ0n) is 13.9. The van der Waals surface area contributed by atoms with Crippen LogP contribution in [0.3, 0.4) is 0 Å². The minimum atomic E-state index is -3.32. The van der Waals surface area contributed by atoms with Gasteiger partial charge in [0.25, 0.3) is 10.2 Å². The molecule has 1 rings (SSSR count). The molecule has 2 N–H and O–H groups in total. The molecule has 0 bridgehead atoms. The van der Waals surface area contributed by atoms with Gasteiger partial charge in [-0.05, 0) is 66.2 Å². The maximum absolute atomic E-state index is 12.3. The van der Waals surface area contributed by atoms with Crippen LogP contribution in [0.15, 0.2) is 0 Å². The van der Waals surface area contributed by atoms with E-state index in [0.717, 1.165) is 32.4 Å². The van der Waals surface area contributed by atoms with Crippen LogP contribution in [-0.4, -0.2) is 70.5 Å². The van der Waals surface area contributed by atoms with Crippen molar-refractivity contribution in [2.24, 2.45) is 5.92 Å². The summed E-state index contributed by atoms with van der Waals surface area (Å²) in [4.78, 5) is 2.22. The molecule has 0 spiro atoms. The molecule has 0 radical (unpaired) electrons. The van der Waals surface area contributed by atoms with Crippen molar-refractivity contribution in [3.8, 4) is 0 Å². The summed E-state index contributed by atoms with van der Waals surface area (Å²) < 4.78 is 28.9. The van der Waals surface area contributed by atoms with Gasteiger partial charge in [-0.3, -0.25) is 0 Å². The maximum Gasteiger partial charge on any atom is 0.279 e. The van der Waals surface area contributed by atoms with Gasteiger partial charge in [0.15, 0.2) is 0 Å². The molecule has 21 heavy (non-hydrogen) atoms. The highest BCUT2D eigenvalue weighted by molar-refractivity contribution is 7.87. The largest absolute Gasteiger partial charge is 0.319 e. The third-order valence-corrected chi connectivity index (χ3v) is 5.75. The van der Waals surface area contributed by atoms with Crippen molar-refractivity contribution in [1.29, 1.82) is 0 Å². The molecule has 1 heterocycles. The predicted octanol–water partition coefficient (Wildman–Crippen LogP) is 0.483. The van der Waals surface area contributed by atoms with Gasteiger partial charge in [-0.25, -0.2) is 4.72 Å². The summed E-state index contributed by atoms with van der Waals surface area (Å²) in [7, 11) is 0.660. The summed E-state index contributed by atoms with van der Waals surface area (Å²) in [6.45, 7) is 7.84. The fraction of sp³-hybridized carbons (Fsp3) is 1.00. The Kier molecular flexibility index (Phi) is 8.12. The van der Waals surface area contributed by atoms with E-state index >= 15 is 0 Å². The molecule has 7 heteroatoms. The Balaban J connectivity index is 2.35. The van der Waals surface area contributed by atoms with Gasteiger partial charge in [0.1, 0.15) is 0 Å². The first-order chi connectivity index (χ1) is 9.86. The van der Waals surface area contributed by atoms with E-state index < -0.39 is 10.2 Å². The lowest BCUT2D eigenvalue weighted by Crippen LogP contribution is -2.47. The monoisotopic (exact) mass is 320 g/mol. The molecular weight excluding hydrogens is 288 g/mol. The molecule has 0 aromatic heterocycles. The second kappa shape index (κ2) is 9.05. The molecule has 1 saturated heterocycles. The molecule has 0 aromatic rings.